The third-order valence-electron chi connectivity index (χ3n) is 5.67. The molecule has 4 aromatic rings. The predicted octanol–water partition coefficient (Wildman–Crippen LogP) is 4.92. The number of hydrogen-bond acceptors (Lipinski definition) is 3. The van der Waals surface area contributed by atoms with Gasteiger partial charge in [0.1, 0.15) is 12.4 Å². The van der Waals surface area contributed by atoms with Crippen molar-refractivity contribution in [1.29, 1.82) is 0 Å². The molecule has 0 radical (unpaired) electrons. The van der Waals surface area contributed by atoms with Crippen LogP contribution in [0.15, 0.2) is 66.7 Å². The molecule has 0 atom stereocenters. The Bertz CT molecular complexity index is 1330. The average molecular weight is 461 g/mol. The molecule has 0 aliphatic heterocycles. The van der Waals surface area contributed by atoms with Crippen LogP contribution in [0.25, 0.3) is 11.0 Å². The quantitative estimate of drug-likeness (QED) is 0.411. The number of para-hydroxylation sites is 2. The van der Waals surface area contributed by atoms with Crippen molar-refractivity contribution in [2.75, 3.05) is 11.9 Å². The number of carbonyl (C=O) groups excluding carboxylic acids is 2. The summed E-state index contributed by atoms with van der Waals surface area (Å²) in [6.07, 6.45) is 0.474. The summed E-state index contributed by atoms with van der Waals surface area (Å²) in [5, 5.41) is 6.31. The predicted molar refractivity (Wildman–Crippen MR) is 132 cm³/mol. The fraction of sp³-hybridized carbons (Fsp3) is 0.192. The van der Waals surface area contributed by atoms with Crippen molar-refractivity contribution in [2.24, 2.45) is 0 Å². The molecule has 1 aromatic heterocycles. The van der Waals surface area contributed by atoms with E-state index in [-0.39, 0.29) is 18.4 Å². The number of aromatic nitrogens is 2. The fourth-order valence-corrected chi connectivity index (χ4v) is 3.96. The first-order chi connectivity index (χ1) is 15.9. The summed E-state index contributed by atoms with van der Waals surface area (Å²) in [6.45, 7) is 4.50. The van der Waals surface area contributed by atoms with Crippen molar-refractivity contribution in [1.82, 2.24) is 14.9 Å². The standard InChI is InChI=1S/C26H25ClN4O2/c1-17-8-7-12-21(18(17)2)30-25(32)16-31-23-13-6-5-11-22(23)29-24(31)14-15-28-26(33)19-9-3-4-10-20(19)27/h3-13H,14-16H2,1-2H3,(H,28,33)(H,30,32). The van der Waals surface area contributed by atoms with Crippen LogP contribution in [0.1, 0.15) is 27.3 Å². The van der Waals surface area contributed by atoms with Crippen molar-refractivity contribution >= 4 is 40.1 Å². The Morgan fingerprint density at radius 3 is 2.55 bits per heavy atom. The van der Waals surface area contributed by atoms with Crippen molar-refractivity contribution in [3.05, 3.63) is 94.3 Å². The molecule has 0 bridgehead atoms. The van der Waals surface area contributed by atoms with E-state index in [0.29, 0.717) is 23.6 Å². The second-order valence-corrected chi connectivity index (χ2v) is 8.29. The highest BCUT2D eigenvalue weighted by Gasteiger charge is 2.15. The van der Waals surface area contributed by atoms with E-state index in [1.807, 2.05) is 60.9 Å². The largest absolute Gasteiger partial charge is 0.352 e. The van der Waals surface area contributed by atoms with Crippen molar-refractivity contribution in [3.8, 4) is 0 Å². The highest BCUT2D eigenvalue weighted by molar-refractivity contribution is 6.33. The molecule has 168 valence electrons. The monoisotopic (exact) mass is 460 g/mol. The van der Waals surface area contributed by atoms with Crippen LogP contribution in [-0.2, 0) is 17.8 Å². The summed E-state index contributed by atoms with van der Waals surface area (Å²) in [6, 6.07) is 20.5. The number of nitrogens with one attached hydrogen (secondary N) is 2. The first-order valence-corrected chi connectivity index (χ1v) is 11.1. The Morgan fingerprint density at radius 1 is 0.970 bits per heavy atom. The van der Waals surface area contributed by atoms with Crippen LogP contribution in [0, 0.1) is 13.8 Å². The molecule has 0 spiro atoms. The van der Waals surface area contributed by atoms with Gasteiger partial charge in [-0.1, -0.05) is 48.0 Å². The van der Waals surface area contributed by atoms with E-state index in [4.69, 9.17) is 16.6 Å². The summed E-state index contributed by atoms with van der Waals surface area (Å²) >= 11 is 6.12. The molecular formula is C26H25ClN4O2. The molecule has 1 heterocycles. The summed E-state index contributed by atoms with van der Waals surface area (Å²) in [5.74, 6) is 0.357. The molecule has 0 fully saturated rings. The van der Waals surface area contributed by atoms with Gasteiger partial charge >= 0.3 is 0 Å². The molecule has 6 nitrogen and oxygen atoms in total. The highest BCUT2D eigenvalue weighted by Crippen LogP contribution is 2.20. The van der Waals surface area contributed by atoms with Crippen LogP contribution >= 0.6 is 11.6 Å². The minimum Gasteiger partial charge on any atom is -0.352 e. The van der Waals surface area contributed by atoms with E-state index in [9.17, 15) is 9.59 Å². The normalized spacial score (nSPS) is 10.9. The fourth-order valence-electron chi connectivity index (χ4n) is 3.74. The molecule has 33 heavy (non-hydrogen) atoms. The Morgan fingerprint density at radius 2 is 1.73 bits per heavy atom. The molecule has 0 aliphatic rings. The summed E-state index contributed by atoms with van der Waals surface area (Å²) in [5.41, 5.74) is 5.09. The Kier molecular flexibility index (Phi) is 6.75. The number of fused-ring (bicyclic) bond motifs is 1. The molecule has 3 aromatic carbocycles. The maximum atomic E-state index is 12.9. The van der Waals surface area contributed by atoms with Crippen LogP contribution < -0.4 is 10.6 Å². The number of amides is 2. The van der Waals surface area contributed by atoms with Gasteiger partial charge in [-0.15, -0.1) is 0 Å². The molecule has 0 unspecified atom stereocenters. The van der Waals surface area contributed by atoms with Crippen molar-refractivity contribution in [3.63, 3.8) is 0 Å². The van der Waals surface area contributed by atoms with Crippen molar-refractivity contribution in [2.45, 2.75) is 26.8 Å². The van der Waals surface area contributed by atoms with E-state index < -0.39 is 0 Å². The van der Waals surface area contributed by atoms with Gasteiger partial charge in [-0.2, -0.15) is 0 Å². The smallest absolute Gasteiger partial charge is 0.252 e. The first kappa shape index (κ1) is 22.6. The lowest BCUT2D eigenvalue weighted by molar-refractivity contribution is -0.116. The number of halogens is 1. The van der Waals surface area contributed by atoms with Gasteiger partial charge in [0.15, 0.2) is 0 Å². The second kappa shape index (κ2) is 9.88. The third kappa shape index (κ3) is 5.07. The highest BCUT2D eigenvalue weighted by atomic mass is 35.5. The maximum Gasteiger partial charge on any atom is 0.252 e. The number of rotatable bonds is 7. The molecule has 0 saturated carbocycles. The van der Waals surface area contributed by atoms with Crippen LogP contribution in [0.5, 0.6) is 0 Å². The van der Waals surface area contributed by atoms with Gasteiger partial charge in [-0.3, -0.25) is 9.59 Å². The molecule has 7 heteroatoms. The van der Waals surface area contributed by atoms with Gasteiger partial charge < -0.3 is 15.2 Å². The van der Waals surface area contributed by atoms with E-state index in [1.54, 1.807) is 24.3 Å². The van der Waals surface area contributed by atoms with E-state index >= 15 is 0 Å². The zero-order valence-electron chi connectivity index (χ0n) is 18.6. The number of anilines is 1. The second-order valence-electron chi connectivity index (χ2n) is 7.88. The van der Waals surface area contributed by atoms with Gasteiger partial charge in [0.05, 0.1) is 21.6 Å². The average Bonchev–Trinajstić information content (AvgIpc) is 3.14. The summed E-state index contributed by atoms with van der Waals surface area (Å²) in [4.78, 5) is 30.1. The molecule has 0 aliphatic carbocycles. The van der Waals surface area contributed by atoms with E-state index in [1.165, 1.54) is 0 Å². The van der Waals surface area contributed by atoms with Crippen LogP contribution in [-0.4, -0.2) is 27.9 Å². The van der Waals surface area contributed by atoms with Crippen molar-refractivity contribution < 1.29 is 9.59 Å². The van der Waals surface area contributed by atoms with E-state index in [0.717, 1.165) is 33.7 Å². The van der Waals surface area contributed by atoms with E-state index in [2.05, 4.69) is 10.6 Å². The van der Waals surface area contributed by atoms with Gasteiger partial charge in [0.25, 0.3) is 5.91 Å². The van der Waals surface area contributed by atoms with Crippen LogP contribution in [0.3, 0.4) is 0 Å². The summed E-state index contributed by atoms with van der Waals surface area (Å²) < 4.78 is 1.90. The lowest BCUT2D eigenvalue weighted by atomic mass is 10.1. The lowest BCUT2D eigenvalue weighted by Crippen LogP contribution is -2.27. The Hall–Kier alpha value is -3.64. The van der Waals surface area contributed by atoms with Gasteiger partial charge in [0.2, 0.25) is 5.91 Å². The SMILES string of the molecule is Cc1cccc(NC(=O)Cn2c(CCNC(=O)c3ccccc3Cl)nc3ccccc32)c1C. The topological polar surface area (TPSA) is 76.0 Å². The number of carbonyl (C=O) groups is 2. The number of nitrogens with zero attached hydrogens (tertiary/aromatic N) is 2. The molecule has 0 saturated heterocycles. The van der Waals surface area contributed by atoms with Crippen LogP contribution in [0.4, 0.5) is 5.69 Å². The summed E-state index contributed by atoms with van der Waals surface area (Å²) in [7, 11) is 0. The minimum atomic E-state index is -0.240. The Balaban J connectivity index is 1.49. The number of imidazole rings is 1. The molecule has 4 rings (SSSR count). The molecular weight excluding hydrogens is 436 g/mol. The van der Waals surface area contributed by atoms with Gasteiger partial charge in [0, 0.05) is 18.7 Å². The number of benzene rings is 3. The Labute approximate surface area is 197 Å². The van der Waals surface area contributed by atoms with Crippen LogP contribution in [0.2, 0.25) is 5.02 Å². The zero-order valence-corrected chi connectivity index (χ0v) is 19.3. The lowest BCUT2D eigenvalue weighted by Gasteiger charge is -2.13. The number of hydrogen-bond donors (Lipinski definition) is 2. The first-order valence-electron chi connectivity index (χ1n) is 10.8. The third-order valence-corrected chi connectivity index (χ3v) is 6.00. The molecule has 2 N–H and O–H groups in total. The molecule has 2 amide bonds. The number of aryl methyl sites for hydroxylation is 1. The minimum absolute atomic E-state index is 0.127. The maximum absolute atomic E-state index is 12.9. The zero-order chi connectivity index (χ0) is 23.4. The van der Waals surface area contributed by atoms with Gasteiger partial charge in [-0.05, 0) is 55.3 Å². The van der Waals surface area contributed by atoms with Gasteiger partial charge in [-0.25, -0.2) is 4.98 Å².